The largest absolute Gasteiger partial charge is 0.481 e. The van der Waals surface area contributed by atoms with Crippen LogP contribution in [0.1, 0.15) is 72.0 Å². The van der Waals surface area contributed by atoms with E-state index in [9.17, 15) is 22.8 Å². The summed E-state index contributed by atoms with van der Waals surface area (Å²) in [5.41, 5.74) is 2.51. The highest BCUT2D eigenvalue weighted by molar-refractivity contribution is 7.69. The third kappa shape index (κ3) is 6.70. The molecule has 256 valence electrons. The van der Waals surface area contributed by atoms with Gasteiger partial charge in [0, 0.05) is 99.9 Å². The number of nitrogens with one attached hydrogen (secondary N) is 1. The molecule has 12 nitrogen and oxygen atoms in total. The van der Waals surface area contributed by atoms with Gasteiger partial charge in [0.1, 0.15) is 17.0 Å². The number of anilines is 2. The number of nitrogens with zero attached hydrogens (tertiary/aromatic N) is 4. The van der Waals surface area contributed by atoms with E-state index in [1.54, 1.807) is 12.1 Å². The number of carboxylic acids is 1. The second kappa shape index (κ2) is 14.7. The Hall–Kier alpha value is -4.62. The van der Waals surface area contributed by atoms with Crippen molar-refractivity contribution in [3.63, 3.8) is 0 Å². The van der Waals surface area contributed by atoms with Gasteiger partial charge < -0.3 is 25.0 Å². The Labute approximate surface area is 282 Å². The fourth-order valence-corrected chi connectivity index (χ4v) is 7.10. The lowest BCUT2D eigenvalue weighted by molar-refractivity contribution is -0.137. The van der Waals surface area contributed by atoms with Gasteiger partial charge in [-0.1, -0.05) is 49.6 Å². The molecule has 0 fully saturated rings. The Balaban J connectivity index is 1.49. The summed E-state index contributed by atoms with van der Waals surface area (Å²) in [5, 5.41) is 12.9. The lowest BCUT2D eigenvalue weighted by atomic mass is 9.75. The molecule has 13 heteroatoms. The predicted octanol–water partition coefficient (Wildman–Crippen LogP) is 4.35. The van der Waals surface area contributed by atoms with E-state index in [4.69, 9.17) is 9.84 Å². The molecule has 2 heterocycles. The van der Waals surface area contributed by atoms with Crippen LogP contribution in [0.3, 0.4) is 0 Å². The molecule has 2 amide bonds. The van der Waals surface area contributed by atoms with Crippen LogP contribution in [0.4, 0.5) is 11.4 Å². The Morgan fingerprint density at radius 2 is 1.40 bits per heavy atom. The number of hydrazine groups is 1. The highest BCUT2D eigenvalue weighted by Gasteiger charge is 2.59. The standard InChI is InChI=1S/C35H43N5O7S/c1-37(2)24-15-17-28-30(22-24)47-31-23-25(38(3)4)16-18-29(31)35(28)27-13-10-9-12-26(27)34(44)40(35)39(48(45)46)21-19-32(41)36-20-11-7-5-6-8-14-33(42)43/h9-10,12-13,15-18,22-23,48H,5-8,11,14,19-21H2,1-4H3,(H,36,41)(H,42,43). The average molecular weight is 678 g/mol. The number of ether oxygens (including phenoxy) is 1. The first-order valence-corrected chi connectivity index (χ1v) is 17.3. The van der Waals surface area contributed by atoms with Gasteiger partial charge in [-0.05, 0) is 31.0 Å². The first-order valence-electron chi connectivity index (χ1n) is 16.1. The molecule has 0 bridgehead atoms. The van der Waals surface area contributed by atoms with E-state index in [1.807, 2.05) is 86.5 Å². The fraction of sp³-hybridized carbons (Fsp3) is 0.400. The summed E-state index contributed by atoms with van der Waals surface area (Å²) < 4.78 is 33.8. The van der Waals surface area contributed by atoms with Crippen LogP contribution in [-0.2, 0) is 26.0 Å². The predicted molar refractivity (Wildman–Crippen MR) is 184 cm³/mol. The molecule has 0 saturated heterocycles. The van der Waals surface area contributed by atoms with Gasteiger partial charge in [-0.15, -0.1) is 4.41 Å². The van der Waals surface area contributed by atoms with Gasteiger partial charge in [0.2, 0.25) is 16.8 Å². The van der Waals surface area contributed by atoms with Gasteiger partial charge >= 0.3 is 5.97 Å². The van der Waals surface area contributed by atoms with Gasteiger partial charge in [-0.3, -0.25) is 14.4 Å². The number of amides is 2. The van der Waals surface area contributed by atoms with Crippen molar-refractivity contribution in [1.82, 2.24) is 14.7 Å². The van der Waals surface area contributed by atoms with Crippen molar-refractivity contribution in [3.8, 4) is 11.5 Å². The lowest BCUT2D eigenvalue weighted by Crippen LogP contribution is -2.56. The summed E-state index contributed by atoms with van der Waals surface area (Å²) in [6.07, 6.45) is 3.86. The van der Waals surface area contributed by atoms with Gasteiger partial charge in [-0.25, -0.2) is 13.4 Å². The molecular formula is C35H43N5O7S. The number of hydrogen-bond donors (Lipinski definition) is 3. The molecule has 5 rings (SSSR count). The van der Waals surface area contributed by atoms with Gasteiger partial charge in [-0.2, -0.15) is 0 Å². The van der Waals surface area contributed by atoms with Crippen LogP contribution in [0.5, 0.6) is 11.5 Å². The molecule has 0 aliphatic carbocycles. The van der Waals surface area contributed by atoms with Crippen molar-refractivity contribution in [3.05, 3.63) is 82.9 Å². The number of carboxylic acid groups (broad SMARTS) is 1. The third-order valence-corrected chi connectivity index (χ3v) is 9.62. The van der Waals surface area contributed by atoms with Crippen molar-refractivity contribution in [2.24, 2.45) is 0 Å². The molecule has 0 aromatic heterocycles. The van der Waals surface area contributed by atoms with E-state index in [-0.39, 0.29) is 25.3 Å². The molecule has 0 saturated carbocycles. The monoisotopic (exact) mass is 677 g/mol. The van der Waals surface area contributed by atoms with E-state index >= 15 is 0 Å². The first kappa shape index (κ1) is 34.7. The molecule has 0 unspecified atom stereocenters. The number of carbonyl (C=O) groups excluding carboxylic acids is 2. The van der Waals surface area contributed by atoms with Crippen LogP contribution in [0.25, 0.3) is 0 Å². The molecule has 2 N–H and O–H groups in total. The quantitative estimate of drug-likeness (QED) is 0.158. The number of unbranched alkanes of at least 4 members (excludes halogenated alkanes) is 4. The third-order valence-electron chi connectivity index (χ3n) is 8.87. The fourth-order valence-electron chi connectivity index (χ4n) is 6.47. The molecule has 2 aliphatic heterocycles. The first-order chi connectivity index (χ1) is 23.0. The second-order valence-corrected chi connectivity index (χ2v) is 13.4. The zero-order valence-electron chi connectivity index (χ0n) is 27.8. The van der Waals surface area contributed by atoms with Crippen LogP contribution < -0.4 is 19.9 Å². The Morgan fingerprint density at radius 1 is 0.812 bits per heavy atom. The molecule has 0 radical (unpaired) electrons. The van der Waals surface area contributed by atoms with Crippen molar-refractivity contribution >= 4 is 40.0 Å². The number of thiol groups is 1. The van der Waals surface area contributed by atoms with E-state index in [2.05, 4.69) is 5.32 Å². The van der Waals surface area contributed by atoms with Crippen molar-refractivity contribution in [1.29, 1.82) is 0 Å². The summed E-state index contributed by atoms with van der Waals surface area (Å²) in [7, 11) is 4.29. The minimum Gasteiger partial charge on any atom is -0.481 e. The number of rotatable bonds is 15. The van der Waals surface area contributed by atoms with Crippen molar-refractivity contribution in [2.45, 2.75) is 50.5 Å². The number of carbonyl (C=O) groups is 3. The average Bonchev–Trinajstić information content (AvgIpc) is 3.30. The number of benzene rings is 3. The van der Waals surface area contributed by atoms with Crippen LogP contribution in [0.15, 0.2) is 60.7 Å². The molecule has 2 aliphatic rings. The van der Waals surface area contributed by atoms with Crippen LogP contribution in [0.2, 0.25) is 0 Å². The molecule has 3 aromatic rings. The van der Waals surface area contributed by atoms with Gasteiger partial charge in [0.15, 0.2) is 0 Å². The summed E-state index contributed by atoms with van der Waals surface area (Å²) >= 11 is 0. The number of fused-ring (bicyclic) bond motifs is 6. The Kier molecular flexibility index (Phi) is 10.6. The number of hydrogen-bond acceptors (Lipinski definition) is 8. The van der Waals surface area contributed by atoms with Gasteiger partial charge in [0.05, 0.1) is 0 Å². The van der Waals surface area contributed by atoms with Gasteiger partial charge in [0.25, 0.3) is 5.91 Å². The zero-order chi connectivity index (χ0) is 34.6. The smallest absolute Gasteiger partial charge is 0.303 e. The summed E-state index contributed by atoms with van der Waals surface area (Å²) in [6, 6.07) is 18.5. The summed E-state index contributed by atoms with van der Waals surface area (Å²) in [4.78, 5) is 41.9. The maximum atomic E-state index is 14.4. The van der Waals surface area contributed by atoms with E-state index in [0.29, 0.717) is 46.7 Å². The second-order valence-electron chi connectivity index (χ2n) is 12.5. The Bertz CT molecular complexity index is 1710. The maximum absolute atomic E-state index is 14.4. The zero-order valence-corrected chi connectivity index (χ0v) is 28.7. The number of aliphatic carboxylic acids is 1. The van der Waals surface area contributed by atoms with Crippen LogP contribution >= 0.6 is 0 Å². The molecule has 3 aromatic carbocycles. The topological polar surface area (TPSA) is 140 Å². The normalized spacial score (nSPS) is 14.0. The highest BCUT2D eigenvalue weighted by Crippen LogP contribution is 2.58. The van der Waals surface area contributed by atoms with Crippen molar-refractivity contribution < 1.29 is 32.6 Å². The van der Waals surface area contributed by atoms with E-state index < -0.39 is 28.3 Å². The summed E-state index contributed by atoms with van der Waals surface area (Å²) in [5.74, 6) is -0.661. The minimum atomic E-state index is -3.37. The maximum Gasteiger partial charge on any atom is 0.303 e. The van der Waals surface area contributed by atoms with Crippen LogP contribution in [0, 0.1) is 0 Å². The Morgan fingerprint density at radius 3 is 1.98 bits per heavy atom. The van der Waals surface area contributed by atoms with E-state index in [0.717, 1.165) is 41.5 Å². The van der Waals surface area contributed by atoms with Crippen LogP contribution in [-0.4, -0.2) is 82.0 Å². The highest BCUT2D eigenvalue weighted by atomic mass is 32.2. The molecule has 48 heavy (non-hydrogen) atoms. The van der Waals surface area contributed by atoms with Crippen molar-refractivity contribution in [2.75, 3.05) is 51.1 Å². The molecule has 0 atom stereocenters. The SMILES string of the molecule is CN(C)c1ccc2c(c1)Oc1cc(N(C)C)ccc1C21c2ccccc2C(=O)N1N(CCC(=O)NCCCCCCCC(=O)O)[SH](=O)=O. The molecule has 1 spiro atoms. The lowest BCUT2D eigenvalue weighted by Gasteiger charge is -2.46. The molecular weight excluding hydrogens is 634 g/mol. The van der Waals surface area contributed by atoms with E-state index in [1.165, 1.54) is 5.01 Å². The summed E-state index contributed by atoms with van der Waals surface area (Å²) in [6.45, 7) is 0.165. The minimum absolute atomic E-state index is 0.152.